The van der Waals surface area contributed by atoms with E-state index in [0.717, 1.165) is 116 Å². The van der Waals surface area contributed by atoms with Crippen LogP contribution in [-0.2, 0) is 17.8 Å². The molecule has 2 aromatic carbocycles. The number of anilines is 1. The minimum absolute atomic E-state index is 0.0503. The molecule has 0 atom stereocenters. The number of nitrogens with one attached hydrogen (secondary N) is 1. The molecule has 0 bridgehead atoms. The molecule has 7 heteroatoms. The van der Waals surface area contributed by atoms with Crippen LogP contribution in [0.4, 0.5) is 5.69 Å². The maximum atomic E-state index is 13.9. The van der Waals surface area contributed by atoms with Crippen LogP contribution in [0.3, 0.4) is 0 Å². The van der Waals surface area contributed by atoms with Crippen molar-refractivity contribution in [2.45, 2.75) is 85.5 Å². The van der Waals surface area contributed by atoms with E-state index in [0.29, 0.717) is 18.6 Å². The molecule has 1 aliphatic carbocycles. The van der Waals surface area contributed by atoms with Crippen LogP contribution in [0.25, 0.3) is 11.1 Å². The van der Waals surface area contributed by atoms with Crippen molar-refractivity contribution < 1.29 is 9.53 Å². The number of benzene rings is 2. The van der Waals surface area contributed by atoms with Gasteiger partial charge in [0, 0.05) is 67.4 Å². The summed E-state index contributed by atoms with van der Waals surface area (Å²) >= 11 is 0. The van der Waals surface area contributed by atoms with Crippen molar-refractivity contribution in [1.82, 2.24) is 15.2 Å². The quantitative estimate of drug-likeness (QED) is 0.329. The fourth-order valence-corrected chi connectivity index (χ4v) is 6.84. The Balaban J connectivity index is 1.46. The summed E-state index contributed by atoms with van der Waals surface area (Å²) in [6.45, 7) is 16.2. The van der Waals surface area contributed by atoms with E-state index < -0.39 is 0 Å². The van der Waals surface area contributed by atoms with Crippen molar-refractivity contribution in [1.29, 1.82) is 0 Å². The molecule has 3 N–H and O–H groups in total. The molecule has 43 heavy (non-hydrogen) atoms. The summed E-state index contributed by atoms with van der Waals surface area (Å²) < 4.78 is 5.51. The molecule has 1 aromatic heterocycles. The number of carbonyl (C=O) groups is 1. The zero-order valence-corrected chi connectivity index (χ0v) is 26.7. The van der Waals surface area contributed by atoms with Gasteiger partial charge in [-0.2, -0.15) is 0 Å². The van der Waals surface area contributed by atoms with E-state index in [2.05, 4.69) is 83.3 Å². The summed E-state index contributed by atoms with van der Waals surface area (Å²) in [5.74, 6) is -0.0503. The van der Waals surface area contributed by atoms with Crippen LogP contribution in [-0.4, -0.2) is 60.7 Å². The van der Waals surface area contributed by atoms with E-state index in [1.165, 1.54) is 5.56 Å². The van der Waals surface area contributed by atoms with Crippen molar-refractivity contribution in [3.05, 3.63) is 81.7 Å². The SMILES string of the molecule is CCN(c1cc(-c2ccc(CN3CCOCC3)cc2)cc(C(=O)NCc2c(C)cc(C)nc2C)c1C)C1CCC(N)CC1. The molecule has 2 heterocycles. The highest BCUT2D eigenvalue weighted by atomic mass is 16.5. The molecule has 3 aromatic rings. The fraction of sp³-hybridized carbons (Fsp3) is 0.500. The summed E-state index contributed by atoms with van der Waals surface area (Å²) in [6, 6.07) is 16.0. The van der Waals surface area contributed by atoms with Crippen LogP contribution < -0.4 is 16.0 Å². The maximum Gasteiger partial charge on any atom is 0.251 e. The lowest BCUT2D eigenvalue weighted by molar-refractivity contribution is 0.0342. The standard InChI is InChI=1S/C36H49N5O2/c1-6-41(32-13-11-31(37)12-14-32)35-21-30(29-9-7-28(8-10-29)23-40-15-17-43-18-16-40)20-33(26(35)4)36(42)38-22-34-24(2)19-25(3)39-27(34)5/h7-10,19-21,31-32H,6,11-18,22-23,37H2,1-5H3,(H,38,42). The Hall–Kier alpha value is -3.26. The highest BCUT2D eigenvalue weighted by molar-refractivity contribution is 5.99. The molecule has 1 saturated heterocycles. The van der Waals surface area contributed by atoms with E-state index in [-0.39, 0.29) is 5.91 Å². The van der Waals surface area contributed by atoms with Crippen molar-refractivity contribution >= 4 is 11.6 Å². The predicted octanol–water partition coefficient (Wildman–Crippen LogP) is 5.84. The normalized spacial score (nSPS) is 19.3. The summed E-state index contributed by atoms with van der Waals surface area (Å²) in [5.41, 5.74) is 16.9. The average molecular weight is 584 g/mol. The Kier molecular flexibility index (Phi) is 10.2. The van der Waals surface area contributed by atoms with E-state index in [1.807, 2.05) is 13.8 Å². The van der Waals surface area contributed by atoms with Gasteiger partial charge in [-0.1, -0.05) is 24.3 Å². The number of rotatable bonds is 9. The van der Waals surface area contributed by atoms with Gasteiger partial charge in [0.05, 0.1) is 13.2 Å². The van der Waals surface area contributed by atoms with E-state index >= 15 is 0 Å². The first-order valence-electron chi connectivity index (χ1n) is 16.0. The van der Waals surface area contributed by atoms with Gasteiger partial charge in [0.2, 0.25) is 0 Å². The maximum absolute atomic E-state index is 13.9. The van der Waals surface area contributed by atoms with Crippen molar-refractivity contribution in [3.63, 3.8) is 0 Å². The molecule has 1 amide bonds. The first kappa shape index (κ1) is 31.2. The molecule has 0 unspecified atom stereocenters. The van der Waals surface area contributed by atoms with Gasteiger partial charge < -0.3 is 20.7 Å². The van der Waals surface area contributed by atoms with Gasteiger partial charge in [-0.05, 0) is 112 Å². The third-order valence-electron chi connectivity index (χ3n) is 9.36. The summed E-state index contributed by atoms with van der Waals surface area (Å²) in [7, 11) is 0. The van der Waals surface area contributed by atoms with Crippen LogP contribution in [0.2, 0.25) is 0 Å². The molecule has 0 radical (unpaired) electrons. The zero-order valence-electron chi connectivity index (χ0n) is 26.7. The second-order valence-electron chi connectivity index (χ2n) is 12.4. The van der Waals surface area contributed by atoms with Gasteiger partial charge in [-0.25, -0.2) is 0 Å². The number of amides is 1. The first-order valence-corrected chi connectivity index (χ1v) is 16.0. The largest absolute Gasteiger partial charge is 0.379 e. The van der Waals surface area contributed by atoms with Crippen molar-refractivity contribution in [3.8, 4) is 11.1 Å². The van der Waals surface area contributed by atoms with Crippen LogP contribution in [0, 0.1) is 27.7 Å². The lowest BCUT2D eigenvalue weighted by Gasteiger charge is -2.38. The first-order chi connectivity index (χ1) is 20.7. The number of pyridine rings is 1. The molecule has 7 nitrogen and oxygen atoms in total. The summed E-state index contributed by atoms with van der Waals surface area (Å²) in [6.07, 6.45) is 4.24. The predicted molar refractivity (Wildman–Crippen MR) is 176 cm³/mol. The summed E-state index contributed by atoms with van der Waals surface area (Å²) in [5, 5.41) is 3.23. The minimum Gasteiger partial charge on any atom is -0.379 e. The third kappa shape index (κ3) is 7.46. The number of hydrogen-bond donors (Lipinski definition) is 2. The minimum atomic E-state index is -0.0503. The Bertz CT molecular complexity index is 1380. The van der Waals surface area contributed by atoms with Gasteiger partial charge in [0.15, 0.2) is 0 Å². The van der Waals surface area contributed by atoms with Gasteiger partial charge >= 0.3 is 0 Å². The third-order valence-corrected chi connectivity index (χ3v) is 9.36. The molecule has 5 rings (SSSR count). The number of morpholine rings is 1. The number of nitrogens with two attached hydrogens (primary N) is 1. The molecule has 0 spiro atoms. The number of aryl methyl sites for hydroxylation is 3. The number of hydrogen-bond acceptors (Lipinski definition) is 6. The molecule has 2 fully saturated rings. The lowest BCUT2D eigenvalue weighted by atomic mass is 9.89. The highest BCUT2D eigenvalue weighted by Crippen LogP contribution is 2.35. The van der Waals surface area contributed by atoms with Gasteiger partial charge in [0.25, 0.3) is 5.91 Å². The van der Waals surface area contributed by atoms with Crippen LogP contribution in [0.1, 0.15) is 76.6 Å². The number of aromatic nitrogens is 1. The van der Waals surface area contributed by atoms with Crippen molar-refractivity contribution in [2.24, 2.45) is 5.73 Å². The van der Waals surface area contributed by atoms with Crippen LogP contribution >= 0.6 is 0 Å². The molecular formula is C36H49N5O2. The molecule has 2 aliphatic rings. The Morgan fingerprint density at radius 3 is 2.35 bits per heavy atom. The number of ether oxygens (including phenoxy) is 1. The van der Waals surface area contributed by atoms with Crippen molar-refractivity contribution in [2.75, 3.05) is 37.7 Å². The summed E-state index contributed by atoms with van der Waals surface area (Å²) in [4.78, 5) is 23.5. The second-order valence-corrected chi connectivity index (χ2v) is 12.4. The van der Waals surface area contributed by atoms with E-state index in [9.17, 15) is 4.79 Å². The Labute approximate surface area is 257 Å². The highest BCUT2D eigenvalue weighted by Gasteiger charge is 2.27. The topological polar surface area (TPSA) is 83.7 Å². The van der Waals surface area contributed by atoms with E-state index in [1.54, 1.807) is 0 Å². The number of carbonyl (C=O) groups excluding carboxylic acids is 1. The molecular weight excluding hydrogens is 534 g/mol. The van der Waals surface area contributed by atoms with Gasteiger partial charge in [0.1, 0.15) is 0 Å². The molecule has 1 saturated carbocycles. The van der Waals surface area contributed by atoms with Gasteiger partial charge in [-0.3, -0.25) is 14.7 Å². The molecule has 1 aliphatic heterocycles. The average Bonchev–Trinajstić information content (AvgIpc) is 2.99. The lowest BCUT2D eigenvalue weighted by Crippen LogP contribution is -2.41. The zero-order chi connectivity index (χ0) is 30.5. The smallest absolute Gasteiger partial charge is 0.251 e. The Morgan fingerprint density at radius 1 is 1.00 bits per heavy atom. The van der Waals surface area contributed by atoms with Crippen LogP contribution in [0.15, 0.2) is 42.5 Å². The second kappa shape index (κ2) is 14.0. The van der Waals surface area contributed by atoms with Gasteiger partial charge in [-0.15, -0.1) is 0 Å². The Morgan fingerprint density at radius 2 is 1.70 bits per heavy atom. The fourth-order valence-electron chi connectivity index (χ4n) is 6.84. The van der Waals surface area contributed by atoms with Crippen LogP contribution in [0.5, 0.6) is 0 Å². The molecule has 230 valence electrons. The number of nitrogens with zero attached hydrogens (tertiary/aromatic N) is 3. The van der Waals surface area contributed by atoms with E-state index in [4.69, 9.17) is 10.5 Å². The monoisotopic (exact) mass is 583 g/mol.